The van der Waals surface area contributed by atoms with Crippen LogP contribution in [0, 0.1) is 5.92 Å². The first-order valence-electron chi connectivity index (χ1n) is 14.1. The van der Waals surface area contributed by atoms with Crippen LogP contribution in [-0.4, -0.2) is 41.8 Å². The fraction of sp³-hybridized carbons (Fsp3) is 0.500. The van der Waals surface area contributed by atoms with Gasteiger partial charge in [-0.2, -0.15) is 14.7 Å². The number of nitrogens with one attached hydrogen (secondary N) is 2. The van der Waals surface area contributed by atoms with Crippen LogP contribution in [0.15, 0.2) is 41.3 Å². The molecule has 0 aliphatic heterocycles. The van der Waals surface area contributed by atoms with Gasteiger partial charge in [0.25, 0.3) is 5.91 Å². The third-order valence-electron chi connectivity index (χ3n) is 7.60. The smallest absolute Gasteiger partial charge is 0.348 e. The summed E-state index contributed by atoms with van der Waals surface area (Å²) in [5.74, 6) is 0.224. The second-order valence-corrected chi connectivity index (χ2v) is 13.9. The zero-order valence-electron chi connectivity index (χ0n) is 23.7. The molecule has 0 bridgehead atoms. The third-order valence-corrected chi connectivity index (χ3v) is 9.81. The number of sulfonamides is 1. The minimum absolute atomic E-state index is 0.172. The zero-order chi connectivity index (χ0) is 29.8. The Morgan fingerprint density at radius 3 is 2.22 bits per heavy atom. The SMILES string of the molecule is CC(C)(C)NS(=O)(=O)c1ccc(-n2nc(C(=O)NC3CCC3)c(Cl)c2CC2CCCCC2)c2ccccc12.O=C=O. The predicted molar refractivity (Wildman–Crippen MR) is 157 cm³/mol. The molecule has 2 fully saturated rings. The fourth-order valence-electron chi connectivity index (χ4n) is 5.56. The van der Waals surface area contributed by atoms with Crippen LogP contribution in [0.5, 0.6) is 0 Å². The lowest BCUT2D eigenvalue weighted by Crippen LogP contribution is -2.40. The summed E-state index contributed by atoms with van der Waals surface area (Å²) in [4.78, 5) is 29.6. The number of halogens is 1. The van der Waals surface area contributed by atoms with Crippen LogP contribution < -0.4 is 10.0 Å². The number of amides is 1. The molecular formula is C30H37ClN4O5S. The summed E-state index contributed by atoms with van der Waals surface area (Å²) in [6, 6.07) is 11.0. The highest BCUT2D eigenvalue weighted by Gasteiger charge is 2.30. The summed E-state index contributed by atoms with van der Waals surface area (Å²) < 4.78 is 31.2. The molecule has 2 aliphatic carbocycles. The molecule has 2 aliphatic rings. The summed E-state index contributed by atoms with van der Waals surface area (Å²) in [7, 11) is -3.77. The highest BCUT2D eigenvalue weighted by atomic mass is 35.5. The Bertz CT molecular complexity index is 1540. The molecule has 1 aromatic heterocycles. The molecular weight excluding hydrogens is 564 g/mol. The van der Waals surface area contributed by atoms with Crippen LogP contribution in [0.2, 0.25) is 5.02 Å². The van der Waals surface area contributed by atoms with Gasteiger partial charge in [0.15, 0.2) is 5.69 Å². The highest BCUT2D eigenvalue weighted by Crippen LogP contribution is 2.35. The van der Waals surface area contributed by atoms with Crippen molar-refractivity contribution in [2.45, 2.75) is 95.0 Å². The van der Waals surface area contributed by atoms with E-state index in [2.05, 4.69) is 10.0 Å². The maximum Gasteiger partial charge on any atom is 0.373 e. The Morgan fingerprint density at radius 2 is 1.63 bits per heavy atom. The monoisotopic (exact) mass is 600 g/mol. The molecule has 5 rings (SSSR count). The van der Waals surface area contributed by atoms with Crippen molar-refractivity contribution in [2.75, 3.05) is 0 Å². The molecule has 220 valence electrons. The molecule has 0 atom stereocenters. The predicted octanol–water partition coefficient (Wildman–Crippen LogP) is 5.58. The Kier molecular flexibility index (Phi) is 9.70. The topological polar surface area (TPSA) is 127 Å². The van der Waals surface area contributed by atoms with Crippen molar-refractivity contribution in [3.63, 3.8) is 0 Å². The minimum Gasteiger partial charge on any atom is -0.348 e. The number of fused-ring (bicyclic) bond motifs is 1. The molecule has 3 aromatic rings. The maximum atomic E-state index is 13.3. The van der Waals surface area contributed by atoms with Crippen LogP contribution in [0.1, 0.15) is 88.3 Å². The molecule has 9 nitrogen and oxygen atoms in total. The van der Waals surface area contributed by atoms with Gasteiger partial charge in [0.2, 0.25) is 10.0 Å². The number of aromatic nitrogens is 2. The second-order valence-electron chi connectivity index (χ2n) is 11.9. The average molecular weight is 601 g/mol. The number of rotatable bonds is 7. The summed E-state index contributed by atoms with van der Waals surface area (Å²) >= 11 is 6.92. The van der Waals surface area contributed by atoms with Gasteiger partial charge >= 0.3 is 6.15 Å². The molecule has 41 heavy (non-hydrogen) atoms. The van der Waals surface area contributed by atoms with Crippen LogP contribution in [0.4, 0.5) is 0 Å². The van der Waals surface area contributed by atoms with Crippen molar-refractivity contribution >= 4 is 44.5 Å². The molecule has 0 spiro atoms. The van der Waals surface area contributed by atoms with E-state index >= 15 is 0 Å². The van der Waals surface area contributed by atoms with Crippen molar-refractivity contribution in [2.24, 2.45) is 5.92 Å². The van der Waals surface area contributed by atoms with E-state index in [1.165, 1.54) is 19.3 Å². The standard InChI is InChI=1S/C29H37ClN4O3S.CO2/c1-29(2,3)33-38(36,37)25-17-16-23(21-14-7-8-15-22(21)25)34-24(18-19-10-5-4-6-11-19)26(30)27(32-34)28(35)31-20-12-9-13-20;2-1-3/h7-8,14-17,19-20,33H,4-6,9-13,18H2,1-3H3,(H,31,35);. The Hall–Kier alpha value is -3.04. The van der Waals surface area contributed by atoms with Crippen molar-refractivity contribution < 1.29 is 22.8 Å². The van der Waals surface area contributed by atoms with E-state index < -0.39 is 15.6 Å². The van der Waals surface area contributed by atoms with Crippen LogP contribution in [0.3, 0.4) is 0 Å². The average Bonchev–Trinajstić information content (AvgIpc) is 3.20. The third kappa shape index (κ3) is 7.25. The van der Waals surface area contributed by atoms with E-state index in [9.17, 15) is 13.2 Å². The first kappa shape index (κ1) is 30.9. The van der Waals surface area contributed by atoms with Gasteiger partial charge < -0.3 is 5.32 Å². The zero-order valence-corrected chi connectivity index (χ0v) is 25.3. The number of benzene rings is 2. The van der Waals surface area contributed by atoms with Crippen molar-refractivity contribution in [1.29, 1.82) is 0 Å². The number of carbonyl (C=O) groups excluding carboxylic acids is 3. The molecule has 0 radical (unpaired) electrons. The highest BCUT2D eigenvalue weighted by molar-refractivity contribution is 7.89. The number of hydrogen-bond acceptors (Lipinski definition) is 6. The lowest BCUT2D eigenvalue weighted by atomic mass is 9.86. The van der Waals surface area contributed by atoms with Gasteiger partial charge in [0.1, 0.15) is 0 Å². The summed E-state index contributed by atoms with van der Waals surface area (Å²) in [6.45, 7) is 5.46. The Balaban J connectivity index is 0.00000124. The van der Waals surface area contributed by atoms with Gasteiger partial charge in [0.05, 0.1) is 21.3 Å². The van der Waals surface area contributed by atoms with Gasteiger partial charge in [-0.3, -0.25) is 4.79 Å². The van der Waals surface area contributed by atoms with E-state index in [1.807, 2.05) is 45.0 Å². The molecule has 0 saturated heterocycles. The summed E-state index contributed by atoms with van der Waals surface area (Å²) in [5, 5.41) is 9.56. The van der Waals surface area contributed by atoms with E-state index in [-0.39, 0.29) is 28.7 Å². The first-order chi connectivity index (χ1) is 19.4. The largest absolute Gasteiger partial charge is 0.373 e. The minimum atomic E-state index is -3.77. The van der Waals surface area contributed by atoms with E-state index in [1.54, 1.807) is 16.8 Å². The number of nitrogens with zero attached hydrogens (tertiary/aromatic N) is 2. The first-order valence-corrected chi connectivity index (χ1v) is 15.9. The van der Waals surface area contributed by atoms with E-state index in [0.29, 0.717) is 22.0 Å². The van der Waals surface area contributed by atoms with Crippen molar-refractivity contribution in [3.8, 4) is 5.69 Å². The van der Waals surface area contributed by atoms with Crippen LogP contribution >= 0.6 is 11.6 Å². The number of hydrogen-bond donors (Lipinski definition) is 2. The number of carbonyl (C=O) groups is 1. The molecule has 2 saturated carbocycles. The summed E-state index contributed by atoms with van der Waals surface area (Å²) in [6.07, 6.45) is 9.94. The van der Waals surface area contributed by atoms with E-state index in [4.69, 9.17) is 26.3 Å². The van der Waals surface area contributed by atoms with Crippen LogP contribution in [0.25, 0.3) is 16.5 Å². The molecule has 0 unspecified atom stereocenters. The van der Waals surface area contributed by atoms with Crippen molar-refractivity contribution in [3.05, 3.63) is 52.8 Å². The maximum absolute atomic E-state index is 13.3. The van der Waals surface area contributed by atoms with Crippen molar-refractivity contribution in [1.82, 2.24) is 19.8 Å². The lowest BCUT2D eigenvalue weighted by molar-refractivity contribution is -0.191. The summed E-state index contributed by atoms with van der Waals surface area (Å²) in [5.41, 5.74) is 1.14. The van der Waals surface area contributed by atoms with Gasteiger partial charge in [-0.1, -0.05) is 68.0 Å². The molecule has 1 heterocycles. The quantitative estimate of drug-likeness (QED) is 0.365. The van der Waals surface area contributed by atoms with E-state index in [0.717, 1.165) is 49.6 Å². The molecule has 11 heteroatoms. The van der Waals surface area contributed by atoms with Gasteiger partial charge in [-0.05, 0) is 64.5 Å². The van der Waals surface area contributed by atoms with Gasteiger partial charge in [0, 0.05) is 22.4 Å². The Morgan fingerprint density at radius 1 is 1.00 bits per heavy atom. The lowest BCUT2D eigenvalue weighted by Gasteiger charge is -2.25. The Labute approximate surface area is 246 Å². The second kappa shape index (κ2) is 12.9. The molecule has 2 N–H and O–H groups in total. The van der Waals surface area contributed by atoms with Gasteiger partial charge in [-0.15, -0.1) is 0 Å². The van der Waals surface area contributed by atoms with Crippen LogP contribution in [-0.2, 0) is 26.0 Å². The molecule has 2 aromatic carbocycles. The van der Waals surface area contributed by atoms with Gasteiger partial charge in [-0.25, -0.2) is 17.8 Å². The fourth-order valence-corrected chi connectivity index (χ4v) is 7.47. The molecule has 1 amide bonds. The normalized spacial score (nSPS) is 16.4.